The molecule has 0 spiro atoms. The van der Waals surface area contributed by atoms with Crippen LogP contribution in [0.15, 0.2) is 12.3 Å². The normalized spacial score (nSPS) is 29.6. The van der Waals surface area contributed by atoms with Crippen LogP contribution in [0, 0.1) is 24.7 Å². The standard InChI is InChI=1S/C25H32N6O3S/c1-11(2)8-15-19-17(6-7-26-15)35-23(30-19)18-12(3)28-24(27-10-13-4-5-13)31-22(18)29-16-9-14-20(32)25(14,34)21(16)33/h6-7,11,13-14,16,20-21,32-34H,4-5,8-10H2,1-3H3,(H2,27,28,29,31). The van der Waals surface area contributed by atoms with Gasteiger partial charge in [-0.1, -0.05) is 13.8 Å². The van der Waals surface area contributed by atoms with Gasteiger partial charge in [-0.15, -0.1) is 11.3 Å². The minimum atomic E-state index is -1.43. The number of hydrogen-bond donors (Lipinski definition) is 5. The van der Waals surface area contributed by atoms with E-state index in [0.29, 0.717) is 30.0 Å². The van der Waals surface area contributed by atoms with Crippen LogP contribution in [-0.2, 0) is 6.42 Å². The molecule has 3 heterocycles. The fourth-order valence-electron chi connectivity index (χ4n) is 5.32. The first-order chi connectivity index (χ1) is 16.8. The van der Waals surface area contributed by atoms with Crippen molar-refractivity contribution in [1.82, 2.24) is 19.9 Å². The van der Waals surface area contributed by atoms with Crippen LogP contribution in [0.1, 0.15) is 44.5 Å². The van der Waals surface area contributed by atoms with E-state index >= 15 is 0 Å². The SMILES string of the molecule is Cc1nc(NCC2CC2)nc(NC2CC3C(O)C3(O)C2O)c1-c1nc2c(CC(C)C)nccc2s1. The van der Waals surface area contributed by atoms with Gasteiger partial charge >= 0.3 is 0 Å². The summed E-state index contributed by atoms with van der Waals surface area (Å²) in [6.45, 7) is 7.13. The van der Waals surface area contributed by atoms with Crippen molar-refractivity contribution in [2.75, 3.05) is 17.2 Å². The lowest BCUT2D eigenvalue weighted by Crippen LogP contribution is -2.42. The maximum absolute atomic E-state index is 10.8. The van der Waals surface area contributed by atoms with Crippen molar-refractivity contribution in [3.8, 4) is 10.6 Å². The molecule has 3 aliphatic carbocycles. The zero-order valence-corrected chi connectivity index (χ0v) is 21.0. The van der Waals surface area contributed by atoms with E-state index < -0.39 is 23.9 Å². The Hall–Kier alpha value is -2.40. The second kappa shape index (κ2) is 8.33. The van der Waals surface area contributed by atoms with E-state index in [2.05, 4.69) is 29.5 Å². The van der Waals surface area contributed by atoms with Crippen LogP contribution < -0.4 is 10.6 Å². The number of pyridine rings is 1. The van der Waals surface area contributed by atoms with Crippen molar-refractivity contribution in [1.29, 1.82) is 0 Å². The highest BCUT2D eigenvalue weighted by Gasteiger charge is 2.74. The lowest BCUT2D eigenvalue weighted by molar-refractivity contribution is -0.0262. The fraction of sp³-hybridized carbons (Fsp3) is 0.600. The second-order valence-corrected chi connectivity index (χ2v) is 11.8. The van der Waals surface area contributed by atoms with Gasteiger partial charge < -0.3 is 26.0 Å². The maximum Gasteiger partial charge on any atom is 0.224 e. The number of fused-ring (bicyclic) bond motifs is 2. The van der Waals surface area contributed by atoms with E-state index in [1.807, 2.05) is 19.2 Å². The van der Waals surface area contributed by atoms with E-state index in [1.165, 1.54) is 12.8 Å². The number of aliphatic hydroxyl groups is 3. The molecule has 9 nitrogen and oxygen atoms in total. The van der Waals surface area contributed by atoms with E-state index in [9.17, 15) is 15.3 Å². The molecule has 3 aromatic rings. The second-order valence-electron chi connectivity index (χ2n) is 10.8. The predicted octanol–water partition coefficient (Wildman–Crippen LogP) is 2.74. The topological polar surface area (TPSA) is 136 Å². The van der Waals surface area contributed by atoms with Crippen LogP contribution >= 0.6 is 11.3 Å². The number of anilines is 2. The molecule has 5 atom stereocenters. The smallest absolute Gasteiger partial charge is 0.224 e. The average molecular weight is 497 g/mol. The number of aromatic nitrogens is 4. The third kappa shape index (κ3) is 3.96. The molecule has 3 saturated carbocycles. The Labute approximate surface area is 208 Å². The van der Waals surface area contributed by atoms with Gasteiger partial charge in [0, 0.05) is 18.7 Å². The molecular weight excluding hydrogens is 464 g/mol. The van der Waals surface area contributed by atoms with Gasteiger partial charge in [0.05, 0.1) is 33.8 Å². The fourth-order valence-corrected chi connectivity index (χ4v) is 6.40. The summed E-state index contributed by atoms with van der Waals surface area (Å²) in [5.74, 6) is 1.94. The minimum Gasteiger partial charge on any atom is -0.390 e. The van der Waals surface area contributed by atoms with Crippen molar-refractivity contribution in [3.05, 3.63) is 23.7 Å². The molecule has 0 amide bonds. The number of nitrogens with one attached hydrogen (secondary N) is 2. The Morgan fingerprint density at radius 1 is 1.17 bits per heavy atom. The summed E-state index contributed by atoms with van der Waals surface area (Å²) in [7, 11) is 0. The van der Waals surface area contributed by atoms with Gasteiger partial charge in [-0.2, -0.15) is 4.98 Å². The lowest BCUT2D eigenvalue weighted by atomic mass is 10.1. The van der Waals surface area contributed by atoms with Crippen molar-refractivity contribution in [2.24, 2.45) is 17.8 Å². The number of nitrogens with zero attached hydrogens (tertiary/aromatic N) is 4. The predicted molar refractivity (Wildman–Crippen MR) is 135 cm³/mol. The number of hydrogen-bond acceptors (Lipinski definition) is 10. The zero-order chi connectivity index (χ0) is 24.5. The van der Waals surface area contributed by atoms with Gasteiger partial charge in [-0.3, -0.25) is 4.98 Å². The number of aryl methyl sites for hydroxylation is 1. The molecule has 0 radical (unpaired) electrons. The Bertz CT molecular complexity index is 1280. The summed E-state index contributed by atoms with van der Waals surface area (Å²) in [4.78, 5) is 19.1. The van der Waals surface area contributed by atoms with Crippen molar-refractivity contribution < 1.29 is 15.3 Å². The molecule has 5 N–H and O–H groups in total. The molecule has 0 aromatic carbocycles. The lowest BCUT2D eigenvalue weighted by Gasteiger charge is -2.25. The molecule has 0 bridgehead atoms. The van der Waals surface area contributed by atoms with Crippen LogP contribution in [0.25, 0.3) is 20.8 Å². The quantitative estimate of drug-likeness (QED) is 0.319. The minimum absolute atomic E-state index is 0.319. The molecule has 0 saturated heterocycles. The molecule has 3 aliphatic rings. The van der Waals surface area contributed by atoms with E-state index in [-0.39, 0.29) is 5.92 Å². The van der Waals surface area contributed by atoms with Gasteiger partial charge in [0.2, 0.25) is 5.95 Å². The highest BCUT2D eigenvalue weighted by molar-refractivity contribution is 7.21. The van der Waals surface area contributed by atoms with Gasteiger partial charge in [0.15, 0.2) is 0 Å². The molecular formula is C25H32N6O3S. The first kappa shape index (κ1) is 23.0. The molecule has 186 valence electrons. The Morgan fingerprint density at radius 3 is 2.66 bits per heavy atom. The van der Waals surface area contributed by atoms with Crippen LogP contribution in [0.5, 0.6) is 0 Å². The van der Waals surface area contributed by atoms with Crippen molar-refractivity contribution in [3.63, 3.8) is 0 Å². The third-order valence-corrected chi connectivity index (χ3v) is 8.60. The van der Waals surface area contributed by atoms with Crippen LogP contribution in [-0.4, -0.2) is 65.7 Å². The molecule has 6 rings (SSSR count). The van der Waals surface area contributed by atoms with Crippen molar-refractivity contribution in [2.45, 2.75) is 70.3 Å². The Kier molecular flexibility index (Phi) is 5.48. The van der Waals surface area contributed by atoms with Crippen molar-refractivity contribution >= 4 is 33.3 Å². The third-order valence-electron chi connectivity index (χ3n) is 7.56. The van der Waals surface area contributed by atoms with Gasteiger partial charge in [0.25, 0.3) is 0 Å². The van der Waals surface area contributed by atoms with Gasteiger partial charge in [-0.05, 0) is 50.5 Å². The van der Waals surface area contributed by atoms with E-state index in [1.54, 1.807) is 11.3 Å². The van der Waals surface area contributed by atoms with Gasteiger partial charge in [-0.25, -0.2) is 9.97 Å². The average Bonchev–Trinajstić information content (AvgIpc) is 3.64. The zero-order valence-electron chi connectivity index (χ0n) is 20.2. The van der Waals surface area contributed by atoms with E-state index in [0.717, 1.165) is 45.1 Å². The molecule has 0 aliphatic heterocycles. The summed E-state index contributed by atoms with van der Waals surface area (Å²) >= 11 is 1.58. The number of rotatable bonds is 8. The molecule has 10 heteroatoms. The number of aliphatic hydroxyl groups excluding tert-OH is 2. The van der Waals surface area contributed by atoms with Gasteiger partial charge in [0.1, 0.15) is 28.0 Å². The highest BCUT2D eigenvalue weighted by Crippen LogP contribution is 2.56. The van der Waals surface area contributed by atoms with E-state index in [4.69, 9.17) is 15.0 Å². The van der Waals surface area contributed by atoms with Crippen LogP contribution in [0.4, 0.5) is 11.8 Å². The Balaban J connectivity index is 1.38. The van der Waals surface area contributed by atoms with Crippen LogP contribution in [0.2, 0.25) is 0 Å². The molecule has 5 unspecified atom stereocenters. The summed E-state index contributed by atoms with van der Waals surface area (Å²) < 4.78 is 1.06. The first-order valence-corrected chi connectivity index (χ1v) is 13.3. The summed E-state index contributed by atoms with van der Waals surface area (Å²) in [5, 5.41) is 38.9. The first-order valence-electron chi connectivity index (χ1n) is 12.5. The summed E-state index contributed by atoms with van der Waals surface area (Å²) in [5.41, 5.74) is 2.04. The number of thiazole rings is 1. The molecule has 3 aromatic heterocycles. The summed E-state index contributed by atoms with van der Waals surface area (Å²) in [6, 6.07) is 1.56. The molecule has 3 fully saturated rings. The van der Waals surface area contributed by atoms with Crippen LogP contribution in [0.3, 0.4) is 0 Å². The molecule has 35 heavy (non-hydrogen) atoms. The Morgan fingerprint density at radius 2 is 1.97 bits per heavy atom. The largest absolute Gasteiger partial charge is 0.390 e. The maximum atomic E-state index is 10.8. The summed E-state index contributed by atoms with van der Waals surface area (Å²) in [6.07, 6.45) is 3.66. The monoisotopic (exact) mass is 496 g/mol. The highest BCUT2D eigenvalue weighted by atomic mass is 32.1.